The zero-order chi connectivity index (χ0) is 21.6. The highest BCUT2D eigenvalue weighted by Gasteiger charge is 2.18. The Hall–Kier alpha value is -3.62. The molecular formula is C20H23N3O6. The highest BCUT2D eigenvalue weighted by Crippen LogP contribution is 2.30. The fourth-order valence-corrected chi connectivity index (χ4v) is 2.46. The van der Waals surface area contributed by atoms with Crippen molar-refractivity contribution in [2.75, 3.05) is 19.0 Å². The number of nitrogens with zero attached hydrogens (tertiary/aromatic N) is 1. The lowest BCUT2D eigenvalue weighted by Gasteiger charge is -2.20. The van der Waals surface area contributed by atoms with Crippen LogP contribution < -0.4 is 20.1 Å². The average Bonchev–Trinajstić information content (AvgIpc) is 2.65. The topological polar surface area (TPSA) is 120 Å². The number of nitrogens with one attached hydrogen (secondary N) is 2. The normalized spacial score (nSPS) is 10.8. The van der Waals surface area contributed by atoms with E-state index in [1.165, 1.54) is 25.3 Å². The molecule has 0 aliphatic rings. The van der Waals surface area contributed by atoms with Crippen LogP contribution >= 0.6 is 0 Å². The molecule has 2 amide bonds. The first-order chi connectivity index (χ1) is 13.6. The number of carbonyl (C=O) groups excluding carboxylic acids is 2. The zero-order valence-corrected chi connectivity index (χ0v) is 16.6. The molecule has 0 heterocycles. The van der Waals surface area contributed by atoms with Gasteiger partial charge in [0.2, 0.25) is 0 Å². The van der Waals surface area contributed by atoms with Gasteiger partial charge in [0.05, 0.1) is 29.4 Å². The third-order valence-electron chi connectivity index (χ3n) is 3.65. The number of nitro groups is 1. The number of amides is 2. The number of anilines is 1. The Labute approximate surface area is 168 Å². The average molecular weight is 401 g/mol. The number of non-ortho nitro benzene ring substituents is 1. The molecule has 9 nitrogen and oxygen atoms in total. The van der Waals surface area contributed by atoms with Crippen LogP contribution in [0.4, 0.5) is 11.4 Å². The van der Waals surface area contributed by atoms with E-state index in [-0.39, 0.29) is 41.0 Å². The minimum absolute atomic E-state index is 0.149. The maximum Gasteiger partial charge on any atom is 0.273 e. The van der Waals surface area contributed by atoms with Crippen molar-refractivity contribution in [3.8, 4) is 11.5 Å². The predicted octanol–water partition coefficient (Wildman–Crippen LogP) is 3.15. The van der Waals surface area contributed by atoms with Gasteiger partial charge < -0.3 is 20.1 Å². The van der Waals surface area contributed by atoms with Crippen molar-refractivity contribution >= 4 is 23.2 Å². The molecule has 0 unspecified atom stereocenters. The molecule has 0 saturated heterocycles. The van der Waals surface area contributed by atoms with Crippen molar-refractivity contribution in [3.63, 3.8) is 0 Å². The van der Waals surface area contributed by atoms with Crippen LogP contribution in [-0.4, -0.2) is 36.0 Å². The van der Waals surface area contributed by atoms with Crippen LogP contribution in [0.5, 0.6) is 11.5 Å². The fourth-order valence-electron chi connectivity index (χ4n) is 2.46. The van der Waals surface area contributed by atoms with E-state index in [4.69, 9.17) is 9.47 Å². The van der Waals surface area contributed by atoms with Gasteiger partial charge in [-0.25, -0.2) is 0 Å². The molecule has 29 heavy (non-hydrogen) atoms. The molecule has 2 rings (SSSR count). The van der Waals surface area contributed by atoms with Gasteiger partial charge >= 0.3 is 0 Å². The van der Waals surface area contributed by atoms with Crippen molar-refractivity contribution in [3.05, 3.63) is 58.1 Å². The third kappa shape index (κ3) is 6.20. The second-order valence-electron chi connectivity index (χ2n) is 7.18. The number of rotatable bonds is 7. The molecule has 0 saturated carbocycles. The number of para-hydroxylation sites is 1. The molecule has 0 radical (unpaired) electrons. The van der Waals surface area contributed by atoms with E-state index in [1.54, 1.807) is 24.3 Å². The van der Waals surface area contributed by atoms with Crippen molar-refractivity contribution < 1.29 is 24.0 Å². The standard InChI is InChI=1S/C20H23N3O6/c1-20(2,3)22-18(24)12-29-16-8-6-5-7-14(16)19(25)21-15-10-9-13(23(26)27)11-17(15)28-4/h5-11H,12H2,1-4H3,(H,21,25)(H,22,24). The summed E-state index contributed by atoms with van der Waals surface area (Å²) in [4.78, 5) is 35.0. The Balaban J connectivity index is 2.16. The number of methoxy groups -OCH3 is 1. The smallest absolute Gasteiger partial charge is 0.273 e. The molecule has 154 valence electrons. The van der Waals surface area contributed by atoms with E-state index < -0.39 is 16.4 Å². The molecule has 0 aliphatic carbocycles. The van der Waals surface area contributed by atoms with Crippen LogP contribution in [-0.2, 0) is 4.79 Å². The SMILES string of the molecule is COc1cc([N+](=O)[O-])ccc1NC(=O)c1ccccc1OCC(=O)NC(C)(C)C. The number of carbonyl (C=O) groups is 2. The lowest BCUT2D eigenvalue weighted by atomic mass is 10.1. The molecule has 0 spiro atoms. The molecule has 0 aliphatic heterocycles. The van der Waals surface area contributed by atoms with Gasteiger partial charge in [0, 0.05) is 11.6 Å². The van der Waals surface area contributed by atoms with E-state index in [9.17, 15) is 19.7 Å². The predicted molar refractivity (Wildman–Crippen MR) is 107 cm³/mol. The number of ether oxygens (including phenoxy) is 2. The Morgan fingerprint density at radius 1 is 1.10 bits per heavy atom. The first-order valence-electron chi connectivity index (χ1n) is 8.77. The number of benzene rings is 2. The van der Waals surface area contributed by atoms with Crippen LogP contribution in [0.2, 0.25) is 0 Å². The van der Waals surface area contributed by atoms with Crippen molar-refractivity contribution in [1.82, 2.24) is 5.32 Å². The molecule has 0 atom stereocenters. The number of hydrogen-bond donors (Lipinski definition) is 2. The van der Waals surface area contributed by atoms with Crippen LogP contribution in [0.3, 0.4) is 0 Å². The highest BCUT2D eigenvalue weighted by atomic mass is 16.6. The van der Waals surface area contributed by atoms with E-state index in [0.29, 0.717) is 0 Å². The highest BCUT2D eigenvalue weighted by molar-refractivity contribution is 6.07. The van der Waals surface area contributed by atoms with Crippen molar-refractivity contribution in [1.29, 1.82) is 0 Å². The van der Waals surface area contributed by atoms with Crippen LogP contribution in [0.25, 0.3) is 0 Å². The van der Waals surface area contributed by atoms with Gasteiger partial charge in [0.1, 0.15) is 11.5 Å². The van der Waals surface area contributed by atoms with Crippen LogP contribution in [0.1, 0.15) is 31.1 Å². The van der Waals surface area contributed by atoms with E-state index >= 15 is 0 Å². The lowest BCUT2D eigenvalue weighted by molar-refractivity contribution is -0.384. The maximum atomic E-state index is 12.7. The summed E-state index contributed by atoms with van der Waals surface area (Å²) >= 11 is 0. The van der Waals surface area contributed by atoms with Gasteiger partial charge in [-0.15, -0.1) is 0 Å². The van der Waals surface area contributed by atoms with Crippen molar-refractivity contribution in [2.45, 2.75) is 26.3 Å². The molecule has 0 aromatic heterocycles. The van der Waals surface area contributed by atoms with Crippen molar-refractivity contribution in [2.24, 2.45) is 0 Å². The van der Waals surface area contributed by atoms with E-state index in [0.717, 1.165) is 0 Å². The molecule has 2 aromatic rings. The largest absolute Gasteiger partial charge is 0.494 e. The Morgan fingerprint density at radius 2 is 1.79 bits per heavy atom. The number of nitro benzene ring substituents is 1. The van der Waals surface area contributed by atoms with E-state index in [2.05, 4.69) is 10.6 Å². The molecule has 2 N–H and O–H groups in total. The Bertz CT molecular complexity index is 921. The molecular weight excluding hydrogens is 378 g/mol. The van der Waals surface area contributed by atoms with Gasteiger partial charge in [-0.05, 0) is 39.0 Å². The maximum absolute atomic E-state index is 12.7. The lowest BCUT2D eigenvalue weighted by Crippen LogP contribution is -2.43. The summed E-state index contributed by atoms with van der Waals surface area (Å²) in [7, 11) is 1.35. The van der Waals surface area contributed by atoms with Gasteiger partial charge in [-0.3, -0.25) is 19.7 Å². The second kappa shape index (κ2) is 9.05. The summed E-state index contributed by atoms with van der Waals surface area (Å²) in [6, 6.07) is 10.3. The zero-order valence-electron chi connectivity index (χ0n) is 16.6. The first-order valence-corrected chi connectivity index (χ1v) is 8.77. The second-order valence-corrected chi connectivity index (χ2v) is 7.18. The minimum Gasteiger partial charge on any atom is -0.494 e. The summed E-state index contributed by atoms with van der Waals surface area (Å²) < 4.78 is 10.6. The van der Waals surface area contributed by atoms with Gasteiger partial charge in [0.25, 0.3) is 17.5 Å². The molecule has 0 bridgehead atoms. The third-order valence-corrected chi connectivity index (χ3v) is 3.65. The Morgan fingerprint density at radius 3 is 2.41 bits per heavy atom. The molecule has 0 fully saturated rings. The van der Waals surface area contributed by atoms with Gasteiger partial charge in [-0.1, -0.05) is 12.1 Å². The minimum atomic E-state index is -0.556. The van der Waals surface area contributed by atoms with E-state index in [1.807, 2.05) is 20.8 Å². The summed E-state index contributed by atoms with van der Waals surface area (Å²) in [6.07, 6.45) is 0. The first kappa shape index (κ1) is 21.7. The monoisotopic (exact) mass is 401 g/mol. The Kier molecular flexibility index (Phi) is 6.76. The summed E-state index contributed by atoms with van der Waals surface area (Å²) in [6.45, 7) is 5.31. The summed E-state index contributed by atoms with van der Waals surface area (Å²) in [5.41, 5.74) is -0.0858. The molecule has 9 heteroatoms. The fraction of sp³-hybridized carbons (Fsp3) is 0.300. The number of hydrogen-bond acceptors (Lipinski definition) is 6. The summed E-state index contributed by atoms with van der Waals surface area (Å²) in [5.74, 6) is -0.445. The van der Waals surface area contributed by atoms with Crippen LogP contribution in [0.15, 0.2) is 42.5 Å². The van der Waals surface area contributed by atoms with Gasteiger partial charge in [0.15, 0.2) is 6.61 Å². The van der Waals surface area contributed by atoms with Crippen LogP contribution in [0, 0.1) is 10.1 Å². The molecule has 2 aromatic carbocycles. The quantitative estimate of drug-likeness (QED) is 0.543. The van der Waals surface area contributed by atoms with Gasteiger partial charge in [-0.2, -0.15) is 0 Å². The summed E-state index contributed by atoms with van der Waals surface area (Å²) in [5, 5.41) is 16.3.